The summed E-state index contributed by atoms with van der Waals surface area (Å²) < 4.78 is 13.5. The molecule has 0 radical (unpaired) electrons. The Kier molecular flexibility index (Phi) is 7.45. The Labute approximate surface area is 161 Å². The van der Waals surface area contributed by atoms with Crippen molar-refractivity contribution in [2.45, 2.75) is 19.1 Å². The van der Waals surface area contributed by atoms with E-state index in [1.165, 1.54) is 30.6 Å². The fraction of sp³-hybridized carbons (Fsp3) is 0.143. The Balaban J connectivity index is 2.02. The van der Waals surface area contributed by atoms with Crippen molar-refractivity contribution in [2.75, 3.05) is 0 Å². The molecule has 0 aliphatic carbocycles. The van der Waals surface area contributed by atoms with Crippen molar-refractivity contribution >= 4 is 17.9 Å². The van der Waals surface area contributed by atoms with Crippen LogP contribution < -0.4 is 10.8 Å². The summed E-state index contributed by atoms with van der Waals surface area (Å²) in [5, 5.41) is 20.5. The van der Waals surface area contributed by atoms with E-state index in [9.17, 15) is 19.1 Å². The van der Waals surface area contributed by atoms with E-state index in [0.717, 1.165) is 5.56 Å². The number of amides is 2. The molecular weight excluding hydrogens is 363 g/mol. The van der Waals surface area contributed by atoms with Crippen LogP contribution in [0.1, 0.15) is 28.4 Å². The Morgan fingerprint density at radius 2 is 1.82 bits per heavy atom. The van der Waals surface area contributed by atoms with Gasteiger partial charge in [-0.1, -0.05) is 36.1 Å². The van der Waals surface area contributed by atoms with E-state index in [2.05, 4.69) is 17.2 Å². The van der Waals surface area contributed by atoms with Crippen molar-refractivity contribution in [3.8, 4) is 11.8 Å². The summed E-state index contributed by atoms with van der Waals surface area (Å²) in [6.07, 6.45) is 2.08. The van der Waals surface area contributed by atoms with Crippen molar-refractivity contribution in [1.29, 1.82) is 0 Å². The van der Waals surface area contributed by atoms with Gasteiger partial charge in [0.15, 0.2) is 0 Å². The second-order valence-corrected chi connectivity index (χ2v) is 5.87. The molecule has 0 bridgehead atoms. The number of carbonyl (C=O) groups excluding carboxylic acids is 2. The number of benzene rings is 2. The van der Waals surface area contributed by atoms with Crippen LogP contribution in [0, 0.1) is 17.7 Å². The Morgan fingerprint density at radius 1 is 1.14 bits per heavy atom. The van der Waals surface area contributed by atoms with Crippen LogP contribution in [-0.4, -0.2) is 34.3 Å². The minimum absolute atomic E-state index is 0.269. The zero-order valence-electron chi connectivity index (χ0n) is 15.0. The highest BCUT2D eigenvalue weighted by molar-refractivity contribution is 5.97. The molecule has 0 unspecified atom stereocenters. The van der Waals surface area contributed by atoms with Gasteiger partial charge in [-0.25, -0.2) is 9.87 Å². The molecular formula is C21H19FN2O4. The molecule has 7 heteroatoms. The summed E-state index contributed by atoms with van der Waals surface area (Å²) >= 11 is 0. The number of hydrogen-bond donors (Lipinski definition) is 4. The van der Waals surface area contributed by atoms with E-state index >= 15 is 0 Å². The Hall–Kier alpha value is -3.47. The van der Waals surface area contributed by atoms with Gasteiger partial charge >= 0.3 is 0 Å². The molecule has 0 fully saturated rings. The lowest BCUT2D eigenvalue weighted by atomic mass is 10.1. The maximum atomic E-state index is 13.5. The molecule has 0 aliphatic heterocycles. The van der Waals surface area contributed by atoms with Crippen LogP contribution >= 0.6 is 0 Å². The lowest BCUT2D eigenvalue weighted by molar-refractivity contribution is -0.133. The van der Waals surface area contributed by atoms with Crippen molar-refractivity contribution in [3.63, 3.8) is 0 Å². The number of aliphatic hydroxyl groups is 1. The molecule has 0 aromatic heterocycles. The topological polar surface area (TPSA) is 98.7 Å². The molecule has 28 heavy (non-hydrogen) atoms. The van der Waals surface area contributed by atoms with Gasteiger partial charge in [-0.05, 0) is 48.9 Å². The first-order chi connectivity index (χ1) is 13.4. The summed E-state index contributed by atoms with van der Waals surface area (Å²) in [5.74, 6) is 3.56. The number of hydroxylamine groups is 1. The van der Waals surface area contributed by atoms with Crippen molar-refractivity contribution in [1.82, 2.24) is 10.8 Å². The molecule has 0 saturated heterocycles. The van der Waals surface area contributed by atoms with Gasteiger partial charge < -0.3 is 10.4 Å². The predicted molar refractivity (Wildman–Crippen MR) is 102 cm³/mol. The maximum Gasteiger partial charge on any atom is 0.268 e. The van der Waals surface area contributed by atoms with Gasteiger partial charge in [0.05, 0.1) is 11.7 Å². The highest BCUT2D eigenvalue weighted by atomic mass is 19.1. The van der Waals surface area contributed by atoms with Crippen LogP contribution in [0.15, 0.2) is 54.6 Å². The summed E-state index contributed by atoms with van der Waals surface area (Å²) in [5.41, 5.74) is 2.73. The molecule has 2 aromatic carbocycles. The van der Waals surface area contributed by atoms with Gasteiger partial charge in [0, 0.05) is 5.56 Å². The molecule has 2 aromatic rings. The third-order valence-corrected chi connectivity index (χ3v) is 3.77. The lowest BCUT2D eigenvalue weighted by Gasteiger charge is -2.19. The van der Waals surface area contributed by atoms with E-state index < -0.39 is 24.0 Å². The quantitative estimate of drug-likeness (QED) is 0.360. The SMILES string of the molecule is C[C@@H](O)[C@H](NC(=O)c1ccc(C=CC#Cc2ccccc2F)cc1)C(=O)NO. The fourth-order valence-corrected chi connectivity index (χ4v) is 2.26. The molecule has 144 valence electrons. The smallest absolute Gasteiger partial charge is 0.268 e. The van der Waals surface area contributed by atoms with E-state index in [1.807, 2.05) is 0 Å². The first-order valence-electron chi connectivity index (χ1n) is 8.38. The summed E-state index contributed by atoms with van der Waals surface area (Å²) in [6.45, 7) is 1.32. The zero-order chi connectivity index (χ0) is 20.5. The van der Waals surface area contributed by atoms with Crippen LogP contribution in [0.2, 0.25) is 0 Å². The molecule has 0 spiro atoms. The van der Waals surface area contributed by atoms with E-state index in [4.69, 9.17) is 5.21 Å². The largest absolute Gasteiger partial charge is 0.391 e. The second kappa shape index (κ2) is 10.0. The Bertz CT molecular complexity index is 927. The zero-order valence-corrected chi connectivity index (χ0v) is 15.0. The molecule has 2 amide bonds. The van der Waals surface area contributed by atoms with Crippen molar-refractivity contribution in [3.05, 3.63) is 77.1 Å². The number of rotatable bonds is 5. The molecule has 2 atom stereocenters. The van der Waals surface area contributed by atoms with Crippen LogP contribution in [0.5, 0.6) is 0 Å². The predicted octanol–water partition coefficient (Wildman–Crippen LogP) is 1.88. The summed E-state index contributed by atoms with van der Waals surface area (Å²) in [6, 6.07) is 11.3. The number of nitrogens with one attached hydrogen (secondary N) is 2. The Morgan fingerprint density at radius 3 is 2.43 bits per heavy atom. The van der Waals surface area contributed by atoms with Gasteiger partial charge in [-0.15, -0.1) is 0 Å². The second-order valence-electron chi connectivity index (χ2n) is 5.87. The number of allylic oxidation sites excluding steroid dienone is 1. The highest BCUT2D eigenvalue weighted by Crippen LogP contribution is 2.08. The van der Waals surface area contributed by atoms with Crippen molar-refractivity contribution in [2.24, 2.45) is 0 Å². The van der Waals surface area contributed by atoms with Gasteiger partial charge in [0.25, 0.3) is 11.8 Å². The average molecular weight is 382 g/mol. The lowest BCUT2D eigenvalue weighted by Crippen LogP contribution is -2.51. The molecule has 4 N–H and O–H groups in total. The minimum Gasteiger partial charge on any atom is -0.391 e. The number of hydrogen-bond acceptors (Lipinski definition) is 4. The molecule has 2 rings (SSSR count). The third kappa shape index (κ3) is 5.77. The summed E-state index contributed by atoms with van der Waals surface area (Å²) in [7, 11) is 0. The molecule has 6 nitrogen and oxygen atoms in total. The van der Waals surface area contributed by atoms with Gasteiger partial charge in [0.2, 0.25) is 0 Å². The van der Waals surface area contributed by atoms with Crippen LogP contribution in [-0.2, 0) is 4.79 Å². The number of halogens is 1. The van der Waals surface area contributed by atoms with E-state index in [1.54, 1.807) is 42.5 Å². The molecule has 0 aliphatic rings. The van der Waals surface area contributed by atoms with Crippen LogP contribution in [0.3, 0.4) is 0 Å². The standard InChI is InChI=1S/C21H19FN2O4/c1-14(25)19(21(27)24-28)23-20(26)17-12-10-15(11-13-17)6-2-3-7-16-8-4-5-9-18(16)22/h2,4-6,8-14,19,25,28H,1H3,(H,23,26)(H,24,27)/t14-,19+/m1/s1. The van der Waals surface area contributed by atoms with Gasteiger partial charge in [0.1, 0.15) is 11.9 Å². The normalized spacial score (nSPS) is 12.6. The highest BCUT2D eigenvalue weighted by Gasteiger charge is 2.25. The molecule has 0 saturated carbocycles. The average Bonchev–Trinajstić information content (AvgIpc) is 2.70. The maximum absolute atomic E-state index is 13.5. The first-order valence-corrected chi connectivity index (χ1v) is 8.38. The van der Waals surface area contributed by atoms with E-state index in [0.29, 0.717) is 5.56 Å². The van der Waals surface area contributed by atoms with Crippen molar-refractivity contribution < 1.29 is 24.3 Å². The monoisotopic (exact) mass is 382 g/mol. The minimum atomic E-state index is -1.29. The van der Waals surface area contributed by atoms with Crippen LogP contribution in [0.25, 0.3) is 6.08 Å². The fourth-order valence-electron chi connectivity index (χ4n) is 2.26. The third-order valence-electron chi connectivity index (χ3n) is 3.77. The number of aliphatic hydroxyl groups excluding tert-OH is 1. The van der Waals surface area contributed by atoms with Gasteiger partial charge in [-0.2, -0.15) is 0 Å². The van der Waals surface area contributed by atoms with Gasteiger partial charge in [-0.3, -0.25) is 14.8 Å². The number of carbonyl (C=O) groups is 2. The summed E-state index contributed by atoms with van der Waals surface area (Å²) in [4.78, 5) is 23.6. The van der Waals surface area contributed by atoms with Crippen LogP contribution in [0.4, 0.5) is 4.39 Å². The molecule has 0 heterocycles. The van der Waals surface area contributed by atoms with E-state index in [-0.39, 0.29) is 11.4 Å². The first kappa shape index (κ1) is 20.8.